The van der Waals surface area contributed by atoms with Crippen molar-refractivity contribution < 1.29 is 14.6 Å². The van der Waals surface area contributed by atoms with Crippen LogP contribution in [0.1, 0.15) is 33.6 Å². The number of hydrogen-bond donors (Lipinski definition) is 1. The van der Waals surface area contributed by atoms with Crippen molar-refractivity contribution in [2.45, 2.75) is 33.6 Å². The average Bonchev–Trinajstić information content (AvgIpc) is 2.02. The van der Waals surface area contributed by atoms with Crippen molar-refractivity contribution in [1.29, 1.82) is 0 Å². The molecule has 0 unspecified atom stereocenters. The predicted molar refractivity (Wildman–Crippen MR) is 51.7 cm³/mol. The summed E-state index contributed by atoms with van der Waals surface area (Å²) in [5, 5.41) is 8.82. The molecule has 0 bridgehead atoms. The minimum atomic E-state index is -0.758. The second-order valence-corrected chi connectivity index (χ2v) is 3.62. The summed E-state index contributed by atoms with van der Waals surface area (Å²) in [6.45, 7) is 6.91. The summed E-state index contributed by atoms with van der Waals surface area (Å²) in [7, 11) is 0. The molecule has 0 aliphatic carbocycles. The summed E-state index contributed by atoms with van der Waals surface area (Å²) in [5.74, 6) is -0.984. The van der Waals surface area contributed by atoms with Gasteiger partial charge in [-0.25, -0.2) is 0 Å². The Kier molecular flexibility index (Phi) is 6.59. The number of ether oxygens (including phenoxy) is 1. The summed E-state index contributed by atoms with van der Waals surface area (Å²) in [6, 6.07) is 0. The third-order valence-electron chi connectivity index (χ3n) is 2.06. The summed E-state index contributed by atoms with van der Waals surface area (Å²) in [5.41, 5.74) is 0. The van der Waals surface area contributed by atoms with E-state index in [0.717, 1.165) is 12.8 Å². The zero-order chi connectivity index (χ0) is 10.3. The fraction of sp³-hybridized carbons (Fsp3) is 0.900. The van der Waals surface area contributed by atoms with Crippen LogP contribution in [0, 0.1) is 11.8 Å². The molecular weight excluding hydrogens is 168 g/mol. The van der Waals surface area contributed by atoms with Gasteiger partial charge in [-0.2, -0.15) is 0 Å². The van der Waals surface area contributed by atoms with Crippen molar-refractivity contribution in [1.82, 2.24) is 0 Å². The molecule has 0 rings (SSSR count). The maximum atomic E-state index is 10.7. The average molecular weight is 188 g/mol. The lowest BCUT2D eigenvalue weighted by atomic mass is 9.97. The maximum Gasteiger partial charge on any atom is 0.309 e. The third kappa shape index (κ3) is 5.64. The first-order valence-electron chi connectivity index (χ1n) is 4.90. The molecule has 3 nitrogen and oxygen atoms in total. The first kappa shape index (κ1) is 12.4. The van der Waals surface area contributed by atoms with Crippen LogP contribution in [-0.4, -0.2) is 24.3 Å². The van der Waals surface area contributed by atoms with Gasteiger partial charge in [0.05, 0.1) is 12.5 Å². The lowest BCUT2D eigenvalue weighted by Crippen LogP contribution is -2.25. The molecule has 0 aliphatic rings. The first-order chi connectivity index (χ1) is 6.09. The summed E-state index contributed by atoms with van der Waals surface area (Å²) in [4.78, 5) is 10.7. The Labute approximate surface area is 80.1 Å². The van der Waals surface area contributed by atoms with Crippen LogP contribution in [0.15, 0.2) is 0 Å². The Balaban J connectivity index is 3.64. The van der Waals surface area contributed by atoms with Crippen molar-refractivity contribution in [3.63, 3.8) is 0 Å². The van der Waals surface area contributed by atoms with Gasteiger partial charge in [-0.1, -0.05) is 27.2 Å². The van der Waals surface area contributed by atoms with E-state index in [1.165, 1.54) is 0 Å². The molecule has 0 fully saturated rings. The molecule has 0 radical (unpaired) electrons. The minimum absolute atomic E-state index is 0.138. The zero-order valence-electron chi connectivity index (χ0n) is 8.75. The van der Waals surface area contributed by atoms with E-state index in [-0.39, 0.29) is 11.8 Å². The molecule has 0 saturated carbocycles. The Morgan fingerprint density at radius 2 is 2.08 bits per heavy atom. The quantitative estimate of drug-likeness (QED) is 0.623. The Bertz CT molecular complexity index is 143. The number of carboxylic acids is 1. The molecule has 13 heavy (non-hydrogen) atoms. The number of hydrogen-bond acceptors (Lipinski definition) is 2. The van der Waals surface area contributed by atoms with Gasteiger partial charge in [0.1, 0.15) is 0 Å². The molecule has 0 spiro atoms. The highest BCUT2D eigenvalue weighted by Gasteiger charge is 2.21. The Morgan fingerprint density at radius 1 is 1.46 bits per heavy atom. The van der Waals surface area contributed by atoms with Gasteiger partial charge in [0, 0.05) is 6.61 Å². The molecule has 1 N–H and O–H groups in total. The highest BCUT2D eigenvalue weighted by molar-refractivity contribution is 5.70. The Morgan fingerprint density at radius 3 is 2.46 bits per heavy atom. The van der Waals surface area contributed by atoms with Crippen LogP contribution in [0.4, 0.5) is 0 Å². The monoisotopic (exact) mass is 188 g/mol. The standard InChI is InChI=1S/C10H20O3/c1-4-5-6-13-7-9(8(2)3)10(11)12/h8-9H,4-7H2,1-3H3,(H,11,12)/t9-/m1/s1. The molecule has 0 saturated heterocycles. The minimum Gasteiger partial charge on any atom is -0.481 e. The van der Waals surface area contributed by atoms with Gasteiger partial charge in [0.2, 0.25) is 0 Å². The summed E-state index contributed by atoms with van der Waals surface area (Å²) >= 11 is 0. The van der Waals surface area contributed by atoms with Crippen molar-refractivity contribution in [3.8, 4) is 0 Å². The summed E-state index contributed by atoms with van der Waals surface area (Å²) < 4.78 is 5.28. The van der Waals surface area contributed by atoms with E-state index in [9.17, 15) is 4.79 Å². The Hall–Kier alpha value is -0.570. The lowest BCUT2D eigenvalue weighted by molar-refractivity contribution is -0.145. The van der Waals surface area contributed by atoms with Gasteiger partial charge >= 0.3 is 5.97 Å². The SMILES string of the molecule is CCCCOC[C@@H](C(=O)O)C(C)C. The first-order valence-corrected chi connectivity index (χ1v) is 4.90. The zero-order valence-corrected chi connectivity index (χ0v) is 8.75. The van der Waals surface area contributed by atoms with Gasteiger partial charge in [-0.3, -0.25) is 4.79 Å². The number of aliphatic carboxylic acids is 1. The van der Waals surface area contributed by atoms with Gasteiger partial charge in [-0.05, 0) is 12.3 Å². The van der Waals surface area contributed by atoms with Gasteiger partial charge in [0.15, 0.2) is 0 Å². The van der Waals surface area contributed by atoms with E-state index in [2.05, 4.69) is 6.92 Å². The van der Waals surface area contributed by atoms with E-state index < -0.39 is 5.97 Å². The lowest BCUT2D eigenvalue weighted by Gasteiger charge is -2.15. The topological polar surface area (TPSA) is 46.5 Å². The van der Waals surface area contributed by atoms with Crippen molar-refractivity contribution in [2.24, 2.45) is 11.8 Å². The van der Waals surface area contributed by atoms with Crippen LogP contribution >= 0.6 is 0 Å². The van der Waals surface area contributed by atoms with Crippen LogP contribution < -0.4 is 0 Å². The number of carboxylic acid groups (broad SMARTS) is 1. The van der Waals surface area contributed by atoms with Crippen molar-refractivity contribution in [2.75, 3.05) is 13.2 Å². The third-order valence-corrected chi connectivity index (χ3v) is 2.06. The maximum absolute atomic E-state index is 10.7. The van der Waals surface area contributed by atoms with Gasteiger partial charge < -0.3 is 9.84 Å². The van der Waals surface area contributed by atoms with Gasteiger partial charge in [-0.15, -0.1) is 0 Å². The normalized spacial score (nSPS) is 13.2. The molecule has 1 atom stereocenters. The molecule has 0 heterocycles. The second-order valence-electron chi connectivity index (χ2n) is 3.62. The molecular formula is C10H20O3. The van der Waals surface area contributed by atoms with Crippen LogP contribution in [0.25, 0.3) is 0 Å². The van der Waals surface area contributed by atoms with Crippen LogP contribution in [-0.2, 0) is 9.53 Å². The van der Waals surface area contributed by atoms with Crippen LogP contribution in [0.5, 0.6) is 0 Å². The fourth-order valence-electron chi connectivity index (χ4n) is 1.01. The highest BCUT2D eigenvalue weighted by Crippen LogP contribution is 2.11. The van der Waals surface area contributed by atoms with E-state index >= 15 is 0 Å². The largest absolute Gasteiger partial charge is 0.481 e. The van der Waals surface area contributed by atoms with E-state index in [0.29, 0.717) is 13.2 Å². The van der Waals surface area contributed by atoms with E-state index in [1.54, 1.807) is 0 Å². The van der Waals surface area contributed by atoms with Crippen LogP contribution in [0.3, 0.4) is 0 Å². The molecule has 0 aromatic heterocycles. The number of unbranched alkanes of at least 4 members (excludes halogenated alkanes) is 1. The second kappa shape index (κ2) is 6.89. The molecule has 0 aromatic carbocycles. The molecule has 0 aliphatic heterocycles. The number of carbonyl (C=O) groups is 1. The molecule has 0 amide bonds. The van der Waals surface area contributed by atoms with Gasteiger partial charge in [0.25, 0.3) is 0 Å². The highest BCUT2D eigenvalue weighted by atomic mass is 16.5. The summed E-state index contributed by atoms with van der Waals surface area (Å²) in [6.07, 6.45) is 2.09. The van der Waals surface area contributed by atoms with Crippen molar-refractivity contribution in [3.05, 3.63) is 0 Å². The smallest absolute Gasteiger partial charge is 0.309 e. The number of rotatable bonds is 7. The van der Waals surface area contributed by atoms with Crippen molar-refractivity contribution >= 4 is 5.97 Å². The molecule has 3 heteroatoms. The predicted octanol–water partition coefficient (Wildman–Crippen LogP) is 2.16. The van der Waals surface area contributed by atoms with E-state index in [1.807, 2.05) is 13.8 Å². The molecule has 78 valence electrons. The fourth-order valence-corrected chi connectivity index (χ4v) is 1.01. The van der Waals surface area contributed by atoms with E-state index in [4.69, 9.17) is 9.84 Å². The van der Waals surface area contributed by atoms with Crippen LogP contribution in [0.2, 0.25) is 0 Å². The molecule has 0 aromatic rings.